The fourth-order valence-corrected chi connectivity index (χ4v) is 7.42. The number of benzene rings is 1. The van der Waals surface area contributed by atoms with Crippen molar-refractivity contribution in [1.82, 2.24) is 25.2 Å². The second-order valence-electron chi connectivity index (χ2n) is 13.3. The standard InChI is InChI=1S/C33H37F3N6O4/c1-19(2)42(21-10-33(35,36)11-21)31(44)23-9-20(34)3-4-26(23)46-28-14-37-18-40-30(28)41-16-32(17-41)12-22(13-32)45-27-6-8-38-24-5-7-39-25(15-43)29(24)27/h3-4,6,8-9,14,18-19,21-22,25,39,43H,5,7,10-13,15-17H2,1-2H3. The number of alkyl halides is 2. The summed E-state index contributed by atoms with van der Waals surface area (Å²) in [5.41, 5.74) is 1.92. The van der Waals surface area contributed by atoms with Crippen LogP contribution >= 0.6 is 0 Å². The molecule has 2 aromatic heterocycles. The average Bonchev–Trinajstić information content (AvgIpc) is 2.97. The number of aromatic nitrogens is 3. The van der Waals surface area contributed by atoms with Crippen molar-refractivity contribution in [1.29, 1.82) is 0 Å². The van der Waals surface area contributed by atoms with Crippen molar-refractivity contribution in [3.63, 3.8) is 0 Å². The number of pyridine rings is 1. The van der Waals surface area contributed by atoms with Crippen molar-refractivity contribution in [3.8, 4) is 17.2 Å². The highest BCUT2D eigenvalue weighted by Crippen LogP contribution is 2.52. The summed E-state index contributed by atoms with van der Waals surface area (Å²) in [5.74, 6) is -2.29. The summed E-state index contributed by atoms with van der Waals surface area (Å²) in [6.45, 7) is 5.69. The SMILES string of the molecule is CC(C)N(C(=O)c1cc(F)ccc1Oc1cncnc1N1CC2(CC(Oc3ccnc4c3C(CO)NCC4)C2)C1)C1CC(F)(F)C1. The summed E-state index contributed by atoms with van der Waals surface area (Å²) in [7, 11) is 0. The van der Waals surface area contributed by atoms with Gasteiger partial charge in [0.1, 0.15) is 29.7 Å². The van der Waals surface area contributed by atoms with Gasteiger partial charge in [-0.25, -0.2) is 23.1 Å². The summed E-state index contributed by atoms with van der Waals surface area (Å²) in [4.78, 5) is 30.2. The molecule has 2 saturated carbocycles. The van der Waals surface area contributed by atoms with Gasteiger partial charge in [-0.15, -0.1) is 0 Å². The van der Waals surface area contributed by atoms with Gasteiger partial charge in [0.2, 0.25) is 0 Å². The van der Waals surface area contributed by atoms with Crippen molar-refractivity contribution in [2.24, 2.45) is 5.41 Å². The largest absolute Gasteiger partial charge is 0.490 e. The van der Waals surface area contributed by atoms with Crippen LogP contribution in [-0.4, -0.2) is 81.2 Å². The number of carbonyl (C=O) groups is 1. The van der Waals surface area contributed by atoms with Crippen LogP contribution in [0.25, 0.3) is 0 Å². The van der Waals surface area contributed by atoms with Crippen LogP contribution in [0.1, 0.15) is 67.2 Å². The molecule has 0 radical (unpaired) electrons. The third kappa shape index (κ3) is 5.63. The minimum Gasteiger partial charge on any atom is -0.490 e. The molecule has 1 aromatic carbocycles. The first-order valence-electron chi connectivity index (χ1n) is 15.8. The van der Waals surface area contributed by atoms with Gasteiger partial charge in [0.05, 0.1) is 30.1 Å². The Morgan fingerprint density at radius 2 is 1.91 bits per heavy atom. The zero-order valence-electron chi connectivity index (χ0n) is 25.8. The number of hydrogen-bond acceptors (Lipinski definition) is 9. The summed E-state index contributed by atoms with van der Waals surface area (Å²) in [6.07, 6.45) is 6.40. The predicted octanol–water partition coefficient (Wildman–Crippen LogP) is 4.68. The van der Waals surface area contributed by atoms with Crippen molar-refractivity contribution in [2.45, 2.75) is 76.1 Å². The maximum atomic E-state index is 14.4. The Balaban J connectivity index is 1.03. The lowest BCUT2D eigenvalue weighted by molar-refractivity contribution is -0.120. The smallest absolute Gasteiger partial charge is 0.258 e. The average molecular weight is 639 g/mol. The van der Waals surface area contributed by atoms with Crippen LogP contribution < -0.4 is 19.7 Å². The molecule has 2 N–H and O–H groups in total. The van der Waals surface area contributed by atoms with Crippen LogP contribution in [0.15, 0.2) is 43.0 Å². The maximum Gasteiger partial charge on any atom is 0.258 e. The van der Waals surface area contributed by atoms with Crippen molar-refractivity contribution in [3.05, 3.63) is 65.6 Å². The lowest BCUT2D eigenvalue weighted by atomic mass is 9.61. The molecule has 7 rings (SSSR count). The van der Waals surface area contributed by atoms with E-state index in [1.807, 2.05) is 6.07 Å². The maximum absolute atomic E-state index is 14.4. The highest BCUT2D eigenvalue weighted by Gasteiger charge is 2.54. The van der Waals surface area contributed by atoms with Gasteiger partial charge < -0.3 is 29.7 Å². The van der Waals surface area contributed by atoms with Gasteiger partial charge in [0, 0.05) is 68.2 Å². The van der Waals surface area contributed by atoms with E-state index in [4.69, 9.17) is 9.47 Å². The number of nitrogens with one attached hydrogen (secondary N) is 1. The Kier molecular flexibility index (Phi) is 7.79. The number of rotatable bonds is 9. The molecule has 4 heterocycles. The van der Waals surface area contributed by atoms with Crippen molar-refractivity contribution >= 4 is 11.7 Å². The minimum absolute atomic E-state index is 0.0229. The Morgan fingerprint density at radius 1 is 1.13 bits per heavy atom. The molecule has 46 heavy (non-hydrogen) atoms. The predicted molar refractivity (Wildman–Crippen MR) is 162 cm³/mol. The molecular weight excluding hydrogens is 601 g/mol. The molecule has 13 heteroatoms. The van der Waals surface area contributed by atoms with E-state index in [0.29, 0.717) is 11.6 Å². The first kappa shape index (κ1) is 30.7. The van der Waals surface area contributed by atoms with Gasteiger partial charge in [0.15, 0.2) is 11.6 Å². The van der Waals surface area contributed by atoms with Gasteiger partial charge >= 0.3 is 0 Å². The number of hydrogen-bond donors (Lipinski definition) is 2. The number of fused-ring (bicyclic) bond motifs is 1. The fraction of sp³-hybridized carbons (Fsp3) is 0.515. The monoisotopic (exact) mass is 638 g/mol. The van der Waals surface area contributed by atoms with E-state index in [1.165, 1.54) is 29.6 Å². The third-order valence-electron chi connectivity index (χ3n) is 9.59. The number of aliphatic hydroxyl groups excluding tert-OH is 1. The van der Waals surface area contributed by atoms with E-state index < -0.39 is 36.5 Å². The van der Waals surface area contributed by atoms with E-state index in [-0.39, 0.29) is 41.5 Å². The number of aliphatic hydroxyl groups is 1. The van der Waals surface area contributed by atoms with Crippen LogP contribution in [0, 0.1) is 11.2 Å². The first-order valence-corrected chi connectivity index (χ1v) is 15.8. The molecule has 1 atom stereocenters. The Labute approximate surface area is 264 Å². The van der Waals surface area contributed by atoms with Crippen molar-refractivity contribution in [2.75, 3.05) is 31.1 Å². The van der Waals surface area contributed by atoms with Gasteiger partial charge in [-0.2, -0.15) is 0 Å². The summed E-state index contributed by atoms with van der Waals surface area (Å²) in [5, 5.41) is 13.2. The number of anilines is 1. The molecule has 10 nitrogen and oxygen atoms in total. The number of halogens is 3. The molecule has 4 aliphatic rings. The van der Waals surface area contributed by atoms with Gasteiger partial charge in [-0.05, 0) is 51.0 Å². The van der Waals surface area contributed by atoms with E-state index >= 15 is 0 Å². The molecule has 244 valence electrons. The molecule has 3 aromatic rings. The number of amides is 1. The van der Waals surface area contributed by atoms with Gasteiger partial charge in [0.25, 0.3) is 11.8 Å². The van der Waals surface area contributed by atoms with E-state index in [1.54, 1.807) is 20.0 Å². The molecule has 1 unspecified atom stereocenters. The molecule has 1 amide bonds. The van der Waals surface area contributed by atoms with Gasteiger partial charge in [-0.1, -0.05) is 0 Å². The lowest BCUT2D eigenvalue weighted by Gasteiger charge is -2.59. The molecule has 0 bridgehead atoms. The number of carbonyl (C=O) groups excluding carboxylic acids is 1. The zero-order valence-corrected chi connectivity index (χ0v) is 25.8. The fourth-order valence-electron chi connectivity index (χ4n) is 7.42. The number of ether oxygens (including phenoxy) is 2. The van der Waals surface area contributed by atoms with E-state index in [0.717, 1.165) is 62.0 Å². The lowest BCUT2D eigenvalue weighted by Crippen LogP contribution is -2.65. The van der Waals surface area contributed by atoms with Crippen LogP contribution in [-0.2, 0) is 6.42 Å². The Morgan fingerprint density at radius 3 is 2.63 bits per heavy atom. The molecular formula is C33H37F3N6O4. The van der Waals surface area contributed by atoms with Crippen LogP contribution in [0.5, 0.6) is 17.2 Å². The minimum atomic E-state index is -2.81. The summed E-state index contributed by atoms with van der Waals surface area (Å²) in [6, 6.07) is 4.31. The molecule has 2 aliphatic carbocycles. The third-order valence-corrected chi connectivity index (χ3v) is 9.59. The Hall–Kier alpha value is -3.97. The highest BCUT2D eigenvalue weighted by atomic mass is 19.3. The summed E-state index contributed by atoms with van der Waals surface area (Å²) < 4.78 is 54.4. The Bertz CT molecular complexity index is 1620. The van der Waals surface area contributed by atoms with Crippen LogP contribution in [0.4, 0.5) is 19.0 Å². The van der Waals surface area contributed by atoms with Crippen molar-refractivity contribution < 1.29 is 32.5 Å². The van der Waals surface area contributed by atoms with Crippen LogP contribution in [0.2, 0.25) is 0 Å². The molecule has 3 fully saturated rings. The van der Waals surface area contributed by atoms with Crippen LogP contribution in [0.3, 0.4) is 0 Å². The van der Waals surface area contributed by atoms with E-state index in [9.17, 15) is 23.1 Å². The zero-order chi connectivity index (χ0) is 32.2. The summed E-state index contributed by atoms with van der Waals surface area (Å²) >= 11 is 0. The number of nitrogens with zero attached hydrogens (tertiary/aromatic N) is 5. The van der Waals surface area contributed by atoms with E-state index in [2.05, 4.69) is 25.2 Å². The highest BCUT2D eigenvalue weighted by molar-refractivity contribution is 5.97. The van der Waals surface area contributed by atoms with Gasteiger partial charge in [-0.3, -0.25) is 9.78 Å². The first-order chi connectivity index (χ1) is 22.0. The molecule has 1 saturated heterocycles. The molecule has 2 aliphatic heterocycles. The quantitative estimate of drug-likeness (QED) is 0.345. The normalized spacial score (nSPS) is 21.6. The molecule has 1 spiro atoms. The second kappa shape index (κ2) is 11.7. The second-order valence-corrected chi connectivity index (χ2v) is 13.3. The topological polar surface area (TPSA) is 113 Å².